The van der Waals surface area contributed by atoms with E-state index in [2.05, 4.69) is 4.72 Å². The fourth-order valence-corrected chi connectivity index (χ4v) is 4.11. The molecule has 0 aromatic heterocycles. The largest absolute Gasteiger partial charge is 0.337 e. The van der Waals surface area contributed by atoms with Crippen molar-refractivity contribution < 1.29 is 17.6 Å². The third kappa shape index (κ3) is 4.98. The Balaban J connectivity index is 1.86. The van der Waals surface area contributed by atoms with E-state index >= 15 is 0 Å². The molecule has 0 aliphatic carbocycles. The van der Waals surface area contributed by atoms with E-state index < -0.39 is 15.8 Å². The number of nitrogens with one attached hydrogen (secondary N) is 1. The van der Waals surface area contributed by atoms with Gasteiger partial charge in [0.2, 0.25) is 0 Å². The summed E-state index contributed by atoms with van der Waals surface area (Å²) in [6.45, 7) is 2.06. The molecule has 5 nitrogen and oxygen atoms in total. The van der Waals surface area contributed by atoms with Gasteiger partial charge < -0.3 is 4.90 Å². The first kappa shape index (κ1) is 21.8. The SMILES string of the molecule is Cc1ccc(S(=O)(=O)Nc2ccccc2F)cc1C(=O)N(C)Cc1ccc(Cl)cc1. The Labute approximate surface area is 180 Å². The maximum absolute atomic E-state index is 13.8. The molecule has 3 rings (SSSR count). The Bertz CT molecular complexity index is 1180. The summed E-state index contributed by atoms with van der Waals surface area (Å²) in [5, 5.41) is 0.601. The Hall–Kier alpha value is -2.90. The predicted octanol–water partition coefficient (Wildman–Crippen LogP) is 4.86. The fraction of sp³-hybridized carbons (Fsp3) is 0.136. The summed E-state index contributed by atoms with van der Waals surface area (Å²) >= 11 is 5.89. The molecule has 30 heavy (non-hydrogen) atoms. The topological polar surface area (TPSA) is 66.5 Å². The number of benzene rings is 3. The number of hydrogen-bond acceptors (Lipinski definition) is 3. The number of amides is 1. The zero-order valence-corrected chi connectivity index (χ0v) is 18.0. The Morgan fingerprint density at radius 2 is 1.73 bits per heavy atom. The van der Waals surface area contributed by atoms with Crippen molar-refractivity contribution in [1.82, 2.24) is 4.90 Å². The highest BCUT2D eigenvalue weighted by Crippen LogP contribution is 2.22. The summed E-state index contributed by atoms with van der Waals surface area (Å²) in [5.74, 6) is -1.02. The first-order valence-electron chi connectivity index (χ1n) is 9.05. The molecule has 0 aliphatic heterocycles. The van der Waals surface area contributed by atoms with Gasteiger partial charge in [-0.2, -0.15) is 0 Å². The Morgan fingerprint density at radius 3 is 2.40 bits per heavy atom. The first-order chi connectivity index (χ1) is 14.2. The molecule has 1 amide bonds. The molecule has 0 radical (unpaired) electrons. The van der Waals surface area contributed by atoms with Crippen LogP contribution in [0.15, 0.2) is 71.6 Å². The molecule has 0 atom stereocenters. The van der Waals surface area contributed by atoms with Gasteiger partial charge in [0.05, 0.1) is 10.6 Å². The van der Waals surface area contributed by atoms with Crippen LogP contribution in [0, 0.1) is 12.7 Å². The molecule has 0 saturated heterocycles. The first-order valence-corrected chi connectivity index (χ1v) is 10.9. The van der Waals surface area contributed by atoms with Gasteiger partial charge in [0.15, 0.2) is 0 Å². The summed E-state index contributed by atoms with van der Waals surface area (Å²) in [4.78, 5) is 14.3. The number of nitrogens with zero attached hydrogens (tertiary/aromatic N) is 1. The number of aryl methyl sites for hydroxylation is 1. The molecular weight excluding hydrogens is 427 g/mol. The molecule has 0 aliphatic rings. The third-order valence-corrected chi connectivity index (χ3v) is 6.16. The zero-order valence-electron chi connectivity index (χ0n) is 16.4. The van der Waals surface area contributed by atoms with Crippen LogP contribution in [0.3, 0.4) is 0 Å². The summed E-state index contributed by atoms with van der Waals surface area (Å²) in [7, 11) is -2.44. The van der Waals surface area contributed by atoms with Gasteiger partial charge in [0, 0.05) is 24.2 Å². The normalized spacial score (nSPS) is 11.2. The van der Waals surface area contributed by atoms with Gasteiger partial charge in [-0.1, -0.05) is 41.9 Å². The van der Waals surface area contributed by atoms with Gasteiger partial charge in [0.1, 0.15) is 5.82 Å². The minimum absolute atomic E-state index is 0.125. The van der Waals surface area contributed by atoms with Crippen molar-refractivity contribution in [1.29, 1.82) is 0 Å². The van der Waals surface area contributed by atoms with E-state index in [9.17, 15) is 17.6 Å². The Kier molecular flexibility index (Phi) is 6.43. The predicted molar refractivity (Wildman–Crippen MR) is 116 cm³/mol. The minimum Gasteiger partial charge on any atom is -0.337 e. The molecule has 0 unspecified atom stereocenters. The second-order valence-corrected chi connectivity index (χ2v) is 8.97. The summed E-state index contributed by atoms with van der Waals surface area (Å²) < 4.78 is 41.5. The number of sulfonamides is 1. The number of hydrogen-bond donors (Lipinski definition) is 1. The van der Waals surface area contributed by atoms with Gasteiger partial charge in [-0.15, -0.1) is 0 Å². The highest BCUT2D eigenvalue weighted by Gasteiger charge is 2.21. The number of halogens is 2. The summed E-state index contributed by atoms with van der Waals surface area (Å²) in [5.41, 5.74) is 1.61. The molecule has 0 spiro atoms. The molecule has 8 heteroatoms. The van der Waals surface area contributed by atoms with Crippen molar-refractivity contribution >= 4 is 33.2 Å². The van der Waals surface area contributed by atoms with E-state index in [1.807, 2.05) is 12.1 Å². The number of anilines is 1. The zero-order chi connectivity index (χ0) is 21.9. The second kappa shape index (κ2) is 8.85. The van der Waals surface area contributed by atoms with Crippen molar-refractivity contribution in [3.05, 3.63) is 94.3 Å². The van der Waals surface area contributed by atoms with Crippen LogP contribution < -0.4 is 4.72 Å². The fourth-order valence-electron chi connectivity index (χ4n) is 2.89. The van der Waals surface area contributed by atoms with Crippen molar-refractivity contribution in [2.24, 2.45) is 0 Å². The molecule has 156 valence electrons. The molecule has 3 aromatic rings. The Morgan fingerprint density at radius 1 is 1.07 bits per heavy atom. The maximum Gasteiger partial charge on any atom is 0.262 e. The van der Waals surface area contributed by atoms with Crippen LogP contribution in [0.4, 0.5) is 10.1 Å². The van der Waals surface area contributed by atoms with E-state index in [0.717, 1.165) is 11.6 Å². The van der Waals surface area contributed by atoms with Gasteiger partial charge in [-0.3, -0.25) is 9.52 Å². The lowest BCUT2D eigenvalue weighted by Crippen LogP contribution is -2.27. The lowest BCUT2D eigenvalue weighted by molar-refractivity contribution is 0.0784. The van der Waals surface area contributed by atoms with E-state index in [0.29, 0.717) is 17.1 Å². The second-order valence-electron chi connectivity index (χ2n) is 6.85. The molecule has 0 bridgehead atoms. The van der Waals surface area contributed by atoms with Gasteiger partial charge in [0.25, 0.3) is 15.9 Å². The molecule has 3 aromatic carbocycles. The van der Waals surface area contributed by atoms with Gasteiger partial charge in [-0.25, -0.2) is 12.8 Å². The number of rotatable bonds is 6. The summed E-state index contributed by atoms with van der Waals surface area (Å²) in [6, 6.07) is 16.8. The quantitative estimate of drug-likeness (QED) is 0.588. The van der Waals surface area contributed by atoms with Crippen LogP contribution in [0.5, 0.6) is 0 Å². The van der Waals surface area contributed by atoms with Crippen LogP contribution >= 0.6 is 11.6 Å². The van der Waals surface area contributed by atoms with Crippen molar-refractivity contribution in [2.75, 3.05) is 11.8 Å². The average molecular weight is 447 g/mol. The number of carbonyl (C=O) groups excluding carboxylic acids is 1. The van der Waals surface area contributed by atoms with Crippen molar-refractivity contribution in [3.63, 3.8) is 0 Å². The van der Waals surface area contributed by atoms with E-state index in [-0.39, 0.29) is 22.1 Å². The minimum atomic E-state index is -4.07. The maximum atomic E-state index is 13.8. The van der Waals surface area contributed by atoms with E-state index in [1.54, 1.807) is 32.2 Å². The number of para-hydroxylation sites is 1. The smallest absolute Gasteiger partial charge is 0.262 e. The van der Waals surface area contributed by atoms with Crippen LogP contribution in [0.2, 0.25) is 5.02 Å². The molecule has 1 N–H and O–H groups in total. The molecule has 0 saturated carbocycles. The van der Waals surface area contributed by atoms with Crippen LogP contribution in [-0.2, 0) is 16.6 Å². The van der Waals surface area contributed by atoms with E-state index in [4.69, 9.17) is 11.6 Å². The lowest BCUT2D eigenvalue weighted by Gasteiger charge is -2.19. The van der Waals surface area contributed by atoms with Crippen molar-refractivity contribution in [2.45, 2.75) is 18.4 Å². The highest BCUT2D eigenvalue weighted by atomic mass is 35.5. The van der Waals surface area contributed by atoms with Crippen LogP contribution in [-0.4, -0.2) is 26.3 Å². The van der Waals surface area contributed by atoms with Crippen LogP contribution in [0.1, 0.15) is 21.5 Å². The highest BCUT2D eigenvalue weighted by molar-refractivity contribution is 7.92. The standard InChI is InChI=1S/C22H20ClFN2O3S/c1-15-7-12-18(30(28,29)25-21-6-4-3-5-20(21)24)13-19(15)22(27)26(2)14-16-8-10-17(23)11-9-16/h3-13,25H,14H2,1-2H3. The summed E-state index contributed by atoms with van der Waals surface area (Å²) in [6.07, 6.45) is 0. The monoisotopic (exact) mass is 446 g/mol. The molecule has 0 heterocycles. The van der Waals surface area contributed by atoms with Crippen LogP contribution in [0.25, 0.3) is 0 Å². The average Bonchev–Trinajstić information content (AvgIpc) is 2.71. The molecular formula is C22H20ClFN2O3S. The van der Waals surface area contributed by atoms with E-state index in [1.165, 1.54) is 35.2 Å². The molecule has 0 fully saturated rings. The third-order valence-electron chi connectivity index (χ3n) is 4.55. The van der Waals surface area contributed by atoms with Crippen molar-refractivity contribution in [3.8, 4) is 0 Å². The number of carbonyl (C=O) groups is 1. The lowest BCUT2D eigenvalue weighted by atomic mass is 10.1. The van der Waals surface area contributed by atoms with Gasteiger partial charge in [-0.05, 0) is 54.4 Å². The van der Waals surface area contributed by atoms with Gasteiger partial charge >= 0.3 is 0 Å².